The molecule has 0 N–H and O–H groups in total. The van der Waals surface area contributed by atoms with Crippen molar-refractivity contribution in [2.75, 3.05) is 0 Å². The number of halogens is 3. The zero-order chi connectivity index (χ0) is 21.2. The van der Waals surface area contributed by atoms with Gasteiger partial charge in [-0.1, -0.05) is 33.6 Å². The summed E-state index contributed by atoms with van der Waals surface area (Å²) in [6, 6.07) is 14.8. The molecule has 148 valence electrons. The molecule has 0 spiro atoms. The monoisotopic (exact) mass is 476 g/mol. The first-order valence-electron chi connectivity index (χ1n) is 8.47. The van der Waals surface area contributed by atoms with Crippen LogP contribution in [-0.4, -0.2) is 14.2 Å². The van der Waals surface area contributed by atoms with Crippen LogP contribution < -0.4 is 0 Å². The van der Waals surface area contributed by atoms with Gasteiger partial charge in [0.15, 0.2) is 0 Å². The molecule has 0 fully saturated rings. The lowest BCUT2D eigenvalue weighted by Gasteiger charge is -2.10. The van der Waals surface area contributed by atoms with Crippen LogP contribution in [0, 0.1) is 18.6 Å². The van der Waals surface area contributed by atoms with Crippen LogP contribution >= 0.6 is 15.9 Å². The van der Waals surface area contributed by atoms with Crippen molar-refractivity contribution >= 4 is 37.6 Å². The van der Waals surface area contributed by atoms with Gasteiger partial charge < -0.3 is 0 Å². The Hall–Kier alpha value is -2.64. The maximum atomic E-state index is 14.2. The number of sulfone groups is 1. The fourth-order valence-corrected chi connectivity index (χ4v) is 4.27. The van der Waals surface area contributed by atoms with Crippen LogP contribution in [-0.2, 0) is 9.84 Å². The first-order valence-corrected chi connectivity index (χ1v) is 10.7. The van der Waals surface area contributed by atoms with Crippen molar-refractivity contribution in [2.24, 2.45) is 0 Å². The highest BCUT2D eigenvalue weighted by atomic mass is 79.9. The predicted molar refractivity (Wildman–Crippen MR) is 111 cm³/mol. The molecule has 29 heavy (non-hydrogen) atoms. The molecular formula is C22H15BrF2O3S. The lowest BCUT2D eigenvalue weighted by atomic mass is 10.1. The Kier molecular flexibility index (Phi) is 6.10. The number of carbonyl (C=O) groups is 1. The van der Waals surface area contributed by atoms with E-state index >= 15 is 0 Å². The Morgan fingerprint density at radius 3 is 2.14 bits per heavy atom. The summed E-state index contributed by atoms with van der Waals surface area (Å²) < 4.78 is 54.5. The van der Waals surface area contributed by atoms with Gasteiger partial charge in [0, 0.05) is 21.7 Å². The van der Waals surface area contributed by atoms with Crippen LogP contribution in [0.4, 0.5) is 8.78 Å². The Bertz CT molecular complexity index is 1200. The molecule has 3 rings (SSSR count). The summed E-state index contributed by atoms with van der Waals surface area (Å²) in [5.41, 5.74) is 0.762. The third-order valence-electron chi connectivity index (χ3n) is 4.20. The molecule has 0 aliphatic rings. The van der Waals surface area contributed by atoms with Crippen molar-refractivity contribution in [2.45, 2.75) is 11.8 Å². The van der Waals surface area contributed by atoms with E-state index in [2.05, 4.69) is 15.9 Å². The largest absolute Gasteiger partial charge is 0.288 e. The fourth-order valence-electron chi connectivity index (χ4n) is 2.61. The second-order valence-electron chi connectivity index (χ2n) is 6.33. The molecule has 0 aromatic heterocycles. The molecule has 0 radical (unpaired) electrons. The molecule has 0 aliphatic heterocycles. The van der Waals surface area contributed by atoms with Gasteiger partial charge in [-0.3, -0.25) is 4.79 Å². The average molecular weight is 477 g/mol. The number of aryl methyl sites for hydroxylation is 1. The minimum atomic E-state index is -4.26. The second-order valence-corrected chi connectivity index (χ2v) is 9.16. The lowest BCUT2D eigenvalue weighted by molar-refractivity contribution is 0.104. The number of rotatable bonds is 5. The number of hydrogen-bond acceptors (Lipinski definition) is 3. The van der Waals surface area contributed by atoms with E-state index < -0.39 is 32.2 Å². The number of allylic oxidation sites excluding steroid dienone is 1. The Morgan fingerprint density at radius 2 is 1.55 bits per heavy atom. The number of carbonyl (C=O) groups excluding carboxylic acids is 1. The third kappa shape index (κ3) is 4.68. The molecule has 0 unspecified atom stereocenters. The fraction of sp³-hybridized carbons (Fsp3) is 0.0455. The summed E-state index contributed by atoms with van der Waals surface area (Å²) in [4.78, 5) is 12.4. The summed E-state index contributed by atoms with van der Waals surface area (Å²) >= 11 is 3.26. The van der Waals surface area contributed by atoms with Gasteiger partial charge in [-0.25, -0.2) is 17.2 Å². The van der Waals surface area contributed by atoms with Crippen molar-refractivity contribution in [3.8, 4) is 0 Å². The molecular weight excluding hydrogens is 462 g/mol. The smallest absolute Gasteiger partial charge is 0.210 e. The third-order valence-corrected chi connectivity index (χ3v) is 6.50. The SMILES string of the molecule is Cc1ccc(S(=O)(=O)/C(=C/c2ccc(F)cc2F)C(=O)c2ccc(Br)cc2)cc1. The van der Waals surface area contributed by atoms with E-state index in [1.807, 2.05) is 0 Å². The van der Waals surface area contributed by atoms with Crippen molar-refractivity contribution in [3.05, 3.63) is 104 Å². The summed E-state index contributed by atoms with van der Waals surface area (Å²) in [5, 5.41) is 0. The van der Waals surface area contributed by atoms with Gasteiger partial charge in [-0.15, -0.1) is 0 Å². The van der Waals surface area contributed by atoms with Crippen LogP contribution in [0.15, 0.2) is 81.0 Å². The van der Waals surface area contributed by atoms with E-state index in [1.165, 1.54) is 24.3 Å². The van der Waals surface area contributed by atoms with E-state index in [4.69, 9.17) is 0 Å². The van der Waals surface area contributed by atoms with E-state index in [0.717, 1.165) is 23.8 Å². The predicted octanol–water partition coefficient (Wildman–Crippen LogP) is 5.73. The normalized spacial score (nSPS) is 12.1. The maximum Gasteiger partial charge on any atom is 0.210 e. The first-order chi connectivity index (χ1) is 13.7. The molecule has 7 heteroatoms. The molecule has 0 saturated heterocycles. The number of benzene rings is 3. The highest BCUT2D eigenvalue weighted by Crippen LogP contribution is 2.27. The number of Topliss-reactive ketones (excluding diaryl/α,β-unsaturated/α-hetero) is 1. The molecule has 0 aliphatic carbocycles. The van der Waals surface area contributed by atoms with E-state index in [1.54, 1.807) is 31.2 Å². The molecule has 0 saturated carbocycles. The van der Waals surface area contributed by atoms with Crippen LogP contribution in [0.25, 0.3) is 6.08 Å². The topological polar surface area (TPSA) is 51.2 Å². The summed E-state index contributed by atoms with van der Waals surface area (Å²) in [7, 11) is -4.26. The molecule has 0 heterocycles. The first kappa shape index (κ1) is 21.1. The molecule has 0 atom stereocenters. The van der Waals surface area contributed by atoms with Crippen LogP contribution in [0.2, 0.25) is 0 Å². The van der Waals surface area contributed by atoms with Crippen LogP contribution in [0.3, 0.4) is 0 Å². The second kappa shape index (κ2) is 8.39. The molecule has 0 bridgehead atoms. The van der Waals surface area contributed by atoms with Gasteiger partial charge in [-0.05, 0) is 61.5 Å². The highest BCUT2D eigenvalue weighted by Gasteiger charge is 2.28. The van der Waals surface area contributed by atoms with E-state index in [9.17, 15) is 22.0 Å². The highest BCUT2D eigenvalue weighted by molar-refractivity contribution is 9.10. The Morgan fingerprint density at radius 1 is 0.931 bits per heavy atom. The van der Waals surface area contributed by atoms with Crippen molar-refractivity contribution in [1.29, 1.82) is 0 Å². The minimum absolute atomic E-state index is 0.0951. The van der Waals surface area contributed by atoms with E-state index in [0.29, 0.717) is 10.5 Å². The van der Waals surface area contributed by atoms with Gasteiger partial charge in [0.1, 0.15) is 16.5 Å². The zero-order valence-corrected chi connectivity index (χ0v) is 17.6. The van der Waals surface area contributed by atoms with Gasteiger partial charge in [-0.2, -0.15) is 0 Å². The molecule has 3 aromatic carbocycles. The molecule has 3 nitrogen and oxygen atoms in total. The van der Waals surface area contributed by atoms with Gasteiger partial charge in [0.05, 0.1) is 4.90 Å². The maximum absolute atomic E-state index is 14.2. The summed E-state index contributed by atoms with van der Waals surface area (Å²) in [6.07, 6.45) is 0.939. The van der Waals surface area contributed by atoms with Crippen molar-refractivity contribution < 1.29 is 22.0 Å². The van der Waals surface area contributed by atoms with Crippen molar-refractivity contribution in [1.82, 2.24) is 0 Å². The van der Waals surface area contributed by atoms with Crippen LogP contribution in [0.1, 0.15) is 21.5 Å². The van der Waals surface area contributed by atoms with Gasteiger partial charge >= 0.3 is 0 Å². The van der Waals surface area contributed by atoms with Crippen LogP contribution in [0.5, 0.6) is 0 Å². The lowest BCUT2D eigenvalue weighted by Crippen LogP contribution is -2.14. The Labute approximate surface area is 175 Å². The Balaban J connectivity index is 2.20. The zero-order valence-electron chi connectivity index (χ0n) is 15.2. The quantitative estimate of drug-likeness (QED) is 0.348. The summed E-state index contributed by atoms with van der Waals surface area (Å²) in [6.45, 7) is 1.80. The number of ketones is 1. The molecule has 3 aromatic rings. The minimum Gasteiger partial charge on any atom is -0.288 e. The van der Waals surface area contributed by atoms with E-state index in [-0.39, 0.29) is 16.0 Å². The van der Waals surface area contributed by atoms with Gasteiger partial charge in [0.25, 0.3) is 0 Å². The van der Waals surface area contributed by atoms with Gasteiger partial charge in [0.2, 0.25) is 15.6 Å². The molecule has 0 amide bonds. The summed E-state index contributed by atoms with van der Waals surface area (Å²) in [5.74, 6) is -2.56. The van der Waals surface area contributed by atoms with Crippen molar-refractivity contribution in [3.63, 3.8) is 0 Å². The average Bonchev–Trinajstić information content (AvgIpc) is 2.67. The number of hydrogen-bond donors (Lipinski definition) is 0. The standard InChI is InChI=1S/C22H15BrF2O3S/c1-14-2-10-19(11-3-14)29(27,28)21(12-16-6-9-18(24)13-20(16)25)22(26)15-4-7-17(23)8-5-15/h2-13H,1H3/b21-12+.